The van der Waals surface area contributed by atoms with Crippen molar-refractivity contribution in [1.82, 2.24) is 14.9 Å². The van der Waals surface area contributed by atoms with Crippen LogP contribution in [0.25, 0.3) is 0 Å². The van der Waals surface area contributed by atoms with Gasteiger partial charge >= 0.3 is 0 Å². The van der Waals surface area contributed by atoms with E-state index in [4.69, 9.17) is 4.98 Å². The zero-order valence-corrected chi connectivity index (χ0v) is 14.3. The molecule has 0 bridgehead atoms. The number of piperidine rings is 1. The standard InChI is InChI=1S/C15H24BrN5/c1-19-6-5-9-21(11-10-19)15-14(17-12-13(16)18-15)20-7-3-2-4-8-20/h12H,2-11H2,1H3. The Kier molecular flexibility index (Phi) is 4.95. The van der Waals surface area contributed by atoms with Gasteiger partial charge in [0.25, 0.3) is 0 Å². The van der Waals surface area contributed by atoms with Crippen molar-refractivity contribution >= 4 is 27.6 Å². The van der Waals surface area contributed by atoms with Gasteiger partial charge in [-0.1, -0.05) is 0 Å². The fraction of sp³-hybridized carbons (Fsp3) is 0.733. The monoisotopic (exact) mass is 353 g/mol. The maximum Gasteiger partial charge on any atom is 0.173 e. The second-order valence-corrected chi connectivity index (χ2v) is 6.84. The summed E-state index contributed by atoms with van der Waals surface area (Å²) in [6.07, 6.45) is 6.88. The molecule has 21 heavy (non-hydrogen) atoms. The molecule has 2 fully saturated rings. The molecule has 1 aromatic heterocycles. The first-order valence-corrected chi connectivity index (χ1v) is 8.74. The van der Waals surface area contributed by atoms with Crippen LogP contribution in [0.15, 0.2) is 10.8 Å². The average molecular weight is 354 g/mol. The molecule has 0 spiro atoms. The second kappa shape index (κ2) is 6.92. The average Bonchev–Trinajstić information content (AvgIpc) is 2.73. The van der Waals surface area contributed by atoms with E-state index in [0.29, 0.717) is 0 Å². The lowest BCUT2D eigenvalue weighted by atomic mass is 10.1. The van der Waals surface area contributed by atoms with Crippen molar-refractivity contribution in [3.05, 3.63) is 10.8 Å². The Balaban J connectivity index is 1.86. The molecule has 2 aliphatic heterocycles. The smallest absolute Gasteiger partial charge is 0.173 e. The van der Waals surface area contributed by atoms with Gasteiger partial charge in [-0.25, -0.2) is 9.97 Å². The molecule has 2 aliphatic rings. The lowest BCUT2D eigenvalue weighted by Crippen LogP contribution is -2.35. The summed E-state index contributed by atoms with van der Waals surface area (Å²) < 4.78 is 0.830. The molecular weight excluding hydrogens is 330 g/mol. The maximum atomic E-state index is 4.76. The molecule has 0 N–H and O–H groups in total. The molecule has 3 heterocycles. The van der Waals surface area contributed by atoms with Crippen LogP contribution in [0.4, 0.5) is 11.6 Å². The van der Waals surface area contributed by atoms with Crippen LogP contribution in [-0.4, -0.2) is 61.2 Å². The number of likely N-dealkylation sites (N-methyl/N-ethyl adjacent to an activating group) is 1. The third kappa shape index (κ3) is 3.66. The number of halogens is 1. The molecule has 0 amide bonds. The Labute approximate surface area is 135 Å². The van der Waals surface area contributed by atoms with E-state index in [1.807, 2.05) is 6.20 Å². The zero-order valence-electron chi connectivity index (χ0n) is 12.8. The minimum absolute atomic E-state index is 0.830. The summed E-state index contributed by atoms with van der Waals surface area (Å²) in [5.41, 5.74) is 0. The van der Waals surface area contributed by atoms with Crippen LogP contribution in [0.1, 0.15) is 25.7 Å². The molecule has 0 saturated carbocycles. The summed E-state index contributed by atoms with van der Waals surface area (Å²) in [7, 11) is 2.20. The van der Waals surface area contributed by atoms with Crippen LogP contribution in [-0.2, 0) is 0 Å². The van der Waals surface area contributed by atoms with E-state index in [9.17, 15) is 0 Å². The summed E-state index contributed by atoms with van der Waals surface area (Å²) in [6, 6.07) is 0. The van der Waals surface area contributed by atoms with Crippen molar-refractivity contribution < 1.29 is 0 Å². The maximum absolute atomic E-state index is 4.76. The van der Waals surface area contributed by atoms with Gasteiger partial charge < -0.3 is 14.7 Å². The second-order valence-electron chi connectivity index (χ2n) is 6.03. The van der Waals surface area contributed by atoms with E-state index < -0.39 is 0 Å². The third-order valence-electron chi connectivity index (χ3n) is 4.38. The van der Waals surface area contributed by atoms with Crippen LogP contribution in [0.2, 0.25) is 0 Å². The molecule has 0 aliphatic carbocycles. The lowest BCUT2D eigenvalue weighted by molar-refractivity contribution is 0.360. The van der Waals surface area contributed by atoms with E-state index in [2.05, 4.69) is 42.7 Å². The Morgan fingerprint density at radius 1 is 0.857 bits per heavy atom. The highest BCUT2D eigenvalue weighted by atomic mass is 79.9. The topological polar surface area (TPSA) is 35.5 Å². The minimum Gasteiger partial charge on any atom is -0.354 e. The number of hydrogen-bond donors (Lipinski definition) is 0. The summed E-state index contributed by atoms with van der Waals surface area (Å²) in [5, 5.41) is 0. The first kappa shape index (κ1) is 15.0. The molecule has 2 saturated heterocycles. The van der Waals surface area contributed by atoms with Crippen molar-refractivity contribution in [1.29, 1.82) is 0 Å². The molecule has 1 aromatic rings. The quantitative estimate of drug-likeness (QED) is 0.815. The first-order chi connectivity index (χ1) is 10.2. The van der Waals surface area contributed by atoms with Gasteiger partial charge in [-0.2, -0.15) is 0 Å². The van der Waals surface area contributed by atoms with Crippen molar-refractivity contribution in [2.24, 2.45) is 0 Å². The molecule has 3 rings (SSSR count). The van der Waals surface area contributed by atoms with Gasteiger partial charge in [-0.15, -0.1) is 0 Å². The number of hydrogen-bond acceptors (Lipinski definition) is 5. The molecule has 5 nitrogen and oxygen atoms in total. The van der Waals surface area contributed by atoms with E-state index in [1.54, 1.807) is 0 Å². The number of anilines is 2. The van der Waals surface area contributed by atoms with Crippen molar-refractivity contribution in [2.75, 3.05) is 56.1 Å². The minimum atomic E-state index is 0.830. The van der Waals surface area contributed by atoms with Gasteiger partial charge in [-0.05, 0) is 55.2 Å². The van der Waals surface area contributed by atoms with Crippen molar-refractivity contribution in [2.45, 2.75) is 25.7 Å². The number of aromatic nitrogens is 2. The Morgan fingerprint density at radius 3 is 2.38 bits per heavy atom. The van der Waals surface area contributed by atoms with Crippen LogP contribution in [0.3, 0.4) is 0 Å². The fourth-order valence-corrected chi connectivity index (χ4v) is 3.42. The normalized spacial score (nSPS) is 21.4. The highest BCUT2D eigenvalue weighted by Crippen LogP contribution is 2.29. The summed E-state index contributed by atoms with van der Waals surface area (Å²) in [5.74, 6) is 2.13. The molecule has 0 unspecified atom stereocenters. The van der Waals surface area contributed by atoms with Crippen LogP contribution < -0.4 is 9.80 Å². The van der Waals surface area contributed by atoms with Crippen LogP contribution in [0, 0.1) is 0 Å². The highest BCUT2D eigenvalue weighted by molar-refractivity contribution is 9.10. The largest absolute Gasteiger partial charge is 0.354 e. The SMILES string of the molecule is CN1CCCN(c2nc(Br)cnc2N2CCCCC2)CC1. The number of nitrogens with zero attached hydrogens (tertiary/aromatic N) is 5. The molecule has 0 radical (unpaired) electrons. The molecule has 6 heteroatoms. The van der Waals surface area contributed by atoms with E-state index in [1.165, 1.54) is 25.7 Å². The van der Waals surface area contributed by atoms with Crippen LogP contribution >= 0.6 is 15.9 Å². The molecule has 116 valence electrons. The predicted molar refractivity (Wildman–Crippen MR) is 90.1 cm³/mol. The van der Waals surface area contributed by atoms with Crippen molar-refractivity contribution in [3.8, 4) is 0 Å². The predicted octanol–water partition coefficient (Wildman–Crippen LogP) is 2.37. The number of rotatable bonds is 2. The van der Waals surface area contributed by atoms with E-state index in [0.717, 1.165) is 55.5 Å². The molecule has 0 aromatic carbocycles. The van der Waals surface area contributed by atoms with E-state index >= 15 is 0 Å². The summed E-state index contributed by atoms with van der Waals surface area (Å²) >= 11 is 3.49. The summed E-state index contributed by atoms with van der Waals surface area (Å²) in [4.78, 5) is 16.7. The van der Waals surface area contributed by atoms with Gasteiger partial charge in [0.2, 0.25) is 0 Å². The lowest BCUT2D eigenvalue weighted by Gasteiger charge is -2.32. The fourth-order valence-electron chi connectivity index (χ4n) is 3.15. The van der Waals surface area contributed by atoms with Gasteiger partial charge in [0.05, 0.1) is 6.20 Å². The van der Waals surface area contributed by atoms with Gasteiger partial charge in [0.1, 0.15) is 4.60 Å². The Bertz CT molecular complexity index is 475. The highest BCUT2D eigenvalue weighted by Gasteiger charge is 2.22. The zero-order chi connectivity index (χ0) is 14.7. The van der Waals surface area contributed by atoms with Gasteiger partial charge in [-0.3, -0.25) is 0 Å². The molecule has 0 atom stereocenters. The van der Waals surface area contributed by atoms with Crippen molar-refractivity contribution in [3.63, 3.8) is 0 Å². The van der Waals surface area contributed by atoms with Crippen LogP contribution in [0.5, 0.6) is 0 Å². The van der Waals surface area contributed by atoms with Gasteiger partial charge in [0.15, 0.2) is 11.6 Å². The third-order valence-corrected chi connectivity index (χ3v) is 4.76. The van der Waals surface area contributed by atoms with Gasteiger partial charge in [0, 0.05) is 32.7 Å². The Morgan fingerprint density at radius 2 is 1.57 bits per heavy atom. The first-order valence-electron chi connectivity index (χ1n) is 7.95. The Hall–Kier alpha value is -0.880. The molecular formula is C15H24BrN5. The van der Waals surface area contributed by atoms with E-state index in [-0.39, 0.29) is 0 Å². The summed E-state index contributed by atoms with van der Waals surface area (Å²) in [6.45, 7) is 6.57.